The molecule has 3 atom stereocenters. The van der Waals surface area contributed by atoms with Crippen LogP contribution in [0.3, 0.4) is 0 Å². The van der Waals surface area contributed by atoms with Gasteiger partial charge in [0, 0.05) is 0 Å². The summed E-state index contributed by atoms with van der Waals surface area (Å²) in [6.07, 6.45) is 17.6. The van der Waals surface area contributed by atoms with Gasteiger partial charge in [0.15, 0.2) is 0 Å². The molecule has 0 aromatic heterocycles. The first-order valence-electron chi connectivity index (χ1n) is 13.9. The summed E-state index contributed by atoms with van der Waals surface area (Å²) < 4.78 is 5.68. The first-order chi connectivity index (χ1) is 15.4. The fourth-order valence-corrected chi connectivity index (χ4v) is 5.13. The van der Waals surface area contributed by atoms with Gasteiger partial charge in [0.05, 0.1) is 12.0 Å². The average Bonchev–Trinajstić information content (AvgIpc) is 2.79. The Balaban J connectivity index is 5.46. The molecule has 3 unspecified atom stereocenters. The van der Waals surface area contributed by atoms with Crippen LogP contribution in [0.4, 0.5) is 0 Å². The summed E-state index contributed by atoms with van der Waals surface area (Å²) in [7, 11) is 0. The summed E-state index contributed by atoms with van der Waals surface area (Å²) in [5, 5.41) is 19.0. The average molecular weight is 457 g/mol. The maximum Gasteiger partial charge on any atom is 0.312 e. The second-order valence-corrected chi connectivity index (χ2v) is 10.1. The number of ether oxygens (including phenoxy) is 1. The van der Waals surface area contributed by atoms with Crippen LogP contribution in [0.1, 0.15) is 137 Å². The molecule has 4 heteroatoms. The van der Waals surface area contributed by atoms with E-state index in [-0.39, 0.29) is 31.0 Å². The predicted octanol–water partition coefficient (Wildman–Crippen LogP) is 7.44. The standard InChI is InChI=1S/C28H56O4/c1-6-9-12-13-14-15-18-21-28(24(4)19-16-10-7-2,25(5)20-17-11-8-3)27(31)32-23-26(30)22-29/h24-26,29-30H,6-23H2,1-5H3. The highest BCUT2D eigenvalue weighted by molar-refractivity contribution is 5.77. The van der Waals surface area contributed by atoms with Crippen molar-refractivity contribution in [2.24, 2.45) is 17.3 Å². The molecule has 0 aromatic carbocycles. The van der Waals surface area contributed by atoms with Gasteiger partial charge in [0.25, 0.3) is 0 Å². The third-order valence-electron chi connectivity index (χ3n) is 7.43. The largest absolute Gasteiger partial charge is 0.462 e. The van der Waals surface area contributed by atoms with Gasteiger partial charge in [-0.05, 0) is 31.1 Å². The SMILES string of the molecule is CCCCCCCCCC(C(=O)OCC(O)CO)(C(C)CCCCC)C(C)CCCCC. The van der Waals surface area contributed by atoms with Gasteiger partial charge in [0.1, 0.15) is 12.7 Å². The van der Waals surface area contributed by atoms with Gasteiger partial charge in [-0.15, -0.1) is 0 Å². The zero-order chi connectivity index (χ0) is 24.2. The molecule has 4 nitrogen and oxygen atoms in total. The van der Waals surface area contributed by atoms with Crippen LogP contribution in [0.5, 0.6) is 0 Å². The lowest BCUT2D eigenvalue weighted by molar-refractivity contribution is -0.169. The number of carbonyl (C=O) groups excluding carboxylic acids is 1. The lowest BCUT2D eigenvalue weighted by Gasteiger charge is -2.42. The van der Waals surface area contributed by atoms with Crippen molar-refractivity contribution in [2.45, 2.75) is 143 Å². The second-order valence-electron chi connectivity index (χ2n) is 10.1. The van der Waals surface area contributed by atoms with E-state index >= 15 is 0 Å². The maximum atomic E-state index is 13.6. The van der Waals surface area contributed by atoms with E-state index in [0.717, 1.165) is 38.5 Å². The van der Waals surface area contributed by atoms with Gasteiger partial charge in [-0.2, -0.15) is 0 Å². The second kappa shape index (κ2) is 19.8. The Labute approximate surface area is 199 Å². The van der Waals surface area contributed by atoms with E-state index in [1.165, 1.54) is 64.2 Å². The van der Waals surface area contributed by atoms with Crippen LogP contribution >= 0.6 is 0 Å². The monoisotopic (exact) mass is 456 g/mol. The summed E-state index contributed by atoms with van der Waals surface area (Å²) in [5.74, 6) is 0.359. The smallest absolute Gasteiger partial charge is 0.312 e. The van der Waals surface area contributed by atoms with Crippen molar-refractivity contribution in [1.82, 2.24) is 0 Å². The summed E-state index contributed by atoms with van der Waals surface area (Å²) in [5.41, 5.74) is -0.500. The molecule has 0 radical (unpaired) electrons. The highest BCUT2D eigenvalue weighted by atomic mass is 16.5. The minimum Gasteiger partial charge on any atom is -0.462 e. The lowest BCUT2D eigenvalue weighted by atomic mass is 9.62. The van der Waals surface area contributed by atoms with Crippen molar-refractivity contribution in [3.8, 4) is 0 Å². The van der Waals surface area contributed by atoms with Crippen molar-refractivity contribution in [3.05, 3.63) is 0 Å². The van der Waals surface area contributed by atoms with Gasteiger partial charge in [-0.1, -0.05) is 118 Å². The topological polar surface area (TPSA) is 66.8 Å². The van der Waals surface area contributed by atoms with E-state index < -0.39 is 11.5 Å². The molecule has 0 aliphatic heterocycles. The molecule has 0 aromatic rings. The minimum atomic E-state index is -0.999. The molecule has 0 bridgehead atoms. The van der Waals surface area contributed by atoms with Crippen molar-refractivity contribution in [2.75, 3.05) is 13.2 Å². The van der Waals surface area contributed by atoms with Gasteiger partial charge in [0.2, 0.25) is 0 Å². The molecular weight excluding hydrogens is 400 g/mol. The Morgan fingerprint density at radius 3 is 1.66 bits per heavy atom. The predicted molar refractivity (Wildman–Crippen MR) is 136 cm³/mol. The van der Waals surface area contributed by atoms with E-state index in [2.05, 4.69) is 34.6 Å². The normalized spacial score (nSPS) is 16.3. The van der Waals surface area contributed by atoms with Crippen LogP contribution in [0, 0.1) is 17.3 Å². The lowest BCUT2D eigenvalue weighted by Crippen LogP contribution is -2.45. The van der Waals surface area contributed by atoms with Crippen LogP contribution in [0.25, 0.3) is 0 Å². The molecule has 0 saturated heterocycles. The quantitative estimate of drug-likeness (QED) is 0.131. The molecule has 0 heterocycles. The van der Waals surface area contributed by atoms with E-state index in [1.54, 1.807) is 0 Å². The molecule has 0 aliphatic rings. The third-order valence-corrected chi connectivity index (χ3v) is 7.43. The summed E-state index contributed by atoms with van der Waals surface area (Å²) >= 11 is 0. The Morgan fingerprint density at radius 2 is 1.19 bits per heavy atom. The molecular formula is C28H56O4. The van der Waals surface area contributed by atoms with Gasteiger partial charge < -0.3 is 14.9 Å². The van der Waals surface area contributed by atoms with Crippen molar-refractivity contribution in [1.29, 1.82) is 0 Å². The zero-order valence-electron chi connectivity index (χ0n) is 22.2. The molecule has 0 amide bonds. The van der Waals surface area contributed by atoms with Crippen LogP contribution in [-0.2, 0) is 9.53 Å². The number of esters is 1. The number of unbranched alkanes of at least 4 members (excludes halogenated alkanes) is 10. The van der Waals surface area contributed by atoms with E-state index in [1.807, 2.05) is 0 Å². The Bertz CT molecular complexity index is 421. The minimum absolute atomic E-state index is 0.114. The molecule has 192 valence electrons. The Hall–Kier alpha value is -0.610. The molecule has 2 N–H and O–H groups in total. The summed E-state index contributed by atoms with van der Waals surface area (Å²) in [4.78, 5) is 13.6. The molecule has 0 aliphatic carbocycles. The first-order valence-corrected chi connectivity index (χ1v) is 13.9. The molecule has 32 heavy (non-hydrogen) atoms. The maximum absolute atomic E-state index is 13.6. The number of aliphatic hydroxyl groups is 2. The van der Waals surface area contributed by atoms with Gasteiger partial charge in [-0.3, -0.25) is 4.79 Å². The molecule has 0 saturated carbocycles. The van der Waals surface area contributed by atoms with Crippen LogP contribution in [0.15, 0.2) is 0 Å². The summed E-state index contributed by atoms with van der Waals surface area (Å²) in [6.45, 7) is 10.7. The van der Waals surface area contributed by atoms with Crippen LogP contribution in [0.2, 0.25) is 0 Å². The molecule has 0 spiro atoms. The van der Waals surface area contributed by atoms with E-state index in [9.17, 15) is 15.0 Å². The fourth-order valence-electron chi connectivity index (χ4n) is 5.13. The third kappa shape index (κ3) is 12.0. The molecule has 0 rings (SSSR count). The van der Waals surface area contributed by atoms with E-state index in [4.69, 9.17) is 4.74 Å². The number of rotatable bonds is 22. The number of aliphatic hydroxyl groups excluding tert-OH is 2. The zero-order valence-corrected chi connectivity index (χ0v) is 22.2. The van der Waals surface area contributed by atoms with Gasteiger partial charge >= 0.3 is 5.97 Å². The van der Waals surface area contributed by atoms with Gasteiger partial charge in [-0.25, -0.2) is 0 Å². The van der Waals surface area contributed by atoms with Crippen molar-refractivity contribution in [3.63, 3.8) is 0 Å². The number of hydrogen-bond donors (Lipinski definition) is 2. The Morgan fingerprint density at radius 1 is 0.750 bits per heavy atom. The van der Waals surface area contributed by atoms with Crippen LogP contribution in [-0.4, -0.2) is 35.5 Å². The molecule has 0 fully saturated rings. The van der Waals surface area contributed by atoms with Crippen molar-refractivity contribution >= 4 is 5.97 Å². The fraction of sp³-hybridized carbons (Fsp3) is 0.964. The number of hydrogen-bond acceptors (Lipinski definition) is 4. The van der Waals surface area contributed by atoms with Crippen LogP contribution < -0.4 is 0 Å². The highest BCUT2D eigenvalue weighted by Gasteiger charge is 2.48. The van der Waals surface area contributed by atoms with Crippen molar-refractivity contribution < 1.29 is 19.7 Å². The van der Waals surface area contributed by atoms with E-state index in [0.29, 0.717) is 0 Å². The number of carbonyl (C=O) groups is 1. The summed E-state index contributed by atoms with van der Waals surface area (Å²) in [6, 6.07) is 0. The first kappa shape index (κ1) is 31.4. The highest BCUT2D eigenvalue weighted by Crippen LogP contribution is 2.46. The Kier molecular flexibility index (Phi) is 19.4.